The first-order valence-electron chi connectivity index (χ1n) is 5.29. The average molecular weight is 234 g/mol. The van der Waals surface area contributed by atoms with Crippen molar-refractivity contribution in [2.75, 3.05) is 6.54 Å². The Labute approximate surface area is 98.9 Å². The minimum absolute atomic E-state index is 0.230. The molecule has 2 aromatic heterocycles. The summed E-state index contributed by atoms with van der Waals surface area (Å²) < 4.78 is 3.90. The Hall–Kier alpha value is -1.33. The lowest BCUT2D eigenvalue weighted by atomic mass is 10.1. The number of nitrogens with zero attached hydrogens (tertiary/aromatic N) is 3. The fourth-order valence-corrected chi connectivity index (χ4v) is 2.11. The molecule has 2 aromatic rings. The molecule has 0 saturated heterocycles. The number of hydrogen-bond acceptors (Lipinski definition) is 5. The predicted molar refractivity (Wildman–Crippen MR) is 64.3 cm³/mol. The molecule has 1 unspecified atom stereocenters. The summed E-state index contributed by atoms with van der Waals surface area (Å²) in [7, 11) is 0. The summed E-state index contributed by atoms with van der Waals surface area (Å²) in [4.78, 5) is 4.12. The summed E-state index contributed by atoms with van der Waals surface area (Å²) in [6, 6.07) is 4.27. The highest BCUT2D eigenvalue weighted by molar-refractivity contribution is 7.03. The molecule has 0 aliphatic carbocycles. The molecule has 1 atom stereocenters. The first-order valence-corrected chi connectivity index (χ1v) is 6.13. The van der Waals surface area contributed by atoms with Crippen LogP contribution in [0.1, 0.15) is 24.2 Å². The van der Waals surface area contributed by atoms with E-state index < -0.39 is 0 Å². The first-order chi connectivity index (χ1) is 7.90. The lowest BCUT2D eigenvalue weighted by molar-refractivity contribution is 0.535. The molecule has 0 saturated carbocycles. The van der Waals surface area contributed by atoms with Crippen LogP contribution in [0.15, 0.2) is 29.9 Å². The van der Waals surface area contributed by atoms with Crippen LogP contribution in [0.5, 0.6) is 0 Å². The average Bonchev–Trinajstić information content (AvgIpc) is 2.83. The van der Waals surface area contributed by atoms with Crippen molar-refractivity contribution in [1.29, 1.82) is 0 Å². The van der Waals surface area contributed by atoms with Crippen LogP contribution in [0.2, 0.25) is 0 Å². The van der Waals surface area contributed by atoms with Gasteiger partial charge in [-0.15, -0.1) is 5.10 Å². The van der Waals surface area contributed by atoms with Gasteiger partial charge in [0.15, 0.2) is 0 Å². The van der Waals surface area contributed by atoms with Gasteiger partial charge in [-0.1, -0.05) is 17.5 Å². The van der Waals surface area contributed by atoms with Crippen LogP contribution >= 0.6 is 11.5 Å². The van der Waals surface area contributed by atoms with Gasteiger partial charge in [-0.25, -0.2) is 0 Å². The number of rotatable bonds is 5. The van der Waals surface area contributed by atoms with Crippen LogP contribution in [-0.4, -0.2) is 21.1 Å². The van der Waals surface area contributed by atoms with Gasteiger partial charge < -0.3 is 5.32 Å². The molecular formula is C11H14N4S. The molecule has 1 N–H and O–H groups in total. The van der Waals surface area contributed by atoms with E-state index in [2.05, 4.69) is 32.9 Å². The Morgan fingerprint density at radius 2 is 2.44 bits per heavy atom. The van der Waals surface area contributed by atoms with Crippen molar-refractivity contribution in [2.45, 2.75) is 19.4 Å². The van der Waals surface area contributed by atoms with Crippen LogP contribution < -0.4 is 5.32 Å². The number of pyridine rings is 1. The Morgan fingerprint density at radius 1 is 1.50 bits per heavy atom. The van der Waals surface area contributed by atoms with E-state index in [1.807, 2.05) is 17.6 Å². The monoisotopic (exact) mass is 234 g/mol. The van der Waals surface area contributed by atoms with E-state index in [1.54, 1.807) is 6.20 Å². The SMILES string of the molecule is CCNC(Cc1cccnc1)c1csnn1. The van der Waals surface area contributed by atoms with Crippen molar-refractivity contribution in [3.8, 4) is 0 Å². The summed E-state index contributed by atoms with van der Waals surface area (Å²) in [5.41, 5.74) is 2.22. The standard InChI is InChI=1S/C11H14N4S/c1-2-13-10(11-8-16-15-14-11)6-9-4-3-5-12-7-9/h3-5,7-8,10,13H,2,6H2,1H3. The van der Waals surface area contributed by atoms with Crippen molar-refractivity contribution < 1.29 is 0 Å². The van der Waals surface area contributed by atoms with Crippen molar-refractivity contribution in [3.05, 3.63) is 41.2 Å². The second-order valence-corrected chi connectivity index (χ2v) is 4.12. The lowest BCUT2D eigenvalue weighted by Gasteiger charge is -2.14. The highest BCUT2D eigenvalue weighted by Crippen LogP contribution is 2.16. The van der Waals surface area contributed by atoms with Gasteiger partial charge >= 0.3 is 0 Å². The van der Waals surface area contributed by atoms with Gasteiger partial charge in [0.25, 0.3) is 0 Å². The van der Waals surface area contributed by atoms with Crippen LogP contribution in [0.4, 0.5) is 0 Å². The smallest absolute Gasteiger partial charge is 0.0928 e. The zero-order chi connectivity index (χ0) is 11.2. The largest absolute Gasteiger partial charge is 0.309 e. The summed E-state index contributed by atoms with van der Waals surface area (Å²) in [6.07, 6.45) is 4.58. The van der Waals surface area contributed by atoms with Gasteiger partial charge in [-0.2, -0.15) is 0 Å². The summed E-state index contributed by atoms with van der Waals surface area (Å²) in [6.45, 7) is 3.01. The van der Waals surface area contributed by atoms with Gasteiger partial charge in [0.2, 0.25) is 0 Å². The van der Waals surface area contributed by atoms with E-state index in [0.29, 0.717) is 0 Å². The second-order valence-electron chi connectivity index (χ2n) is 3.51. The molecule has 5 heteroatoms. The number of aromatic nitrogens is 3. The Kier molecular flexibility index (Phi) is 3.96. The van der Waals surface area contributed by atoms with Crippen molar-refractivity contribution in [2.24, 2.45) is 0 Å². The number of likely N-dealkylation sites (N-methyl/N-ethyl adjacent to an activating group) is 1. The maximum Gasteiger partial charge on any atom is 0.0928 e. The molecule has 0 aliphatic rings. The summed E-state index contributed by atoms with van der Waals surface area (Å²) in [5, 5.41) is 9.52. The van der Waals surface area contributed by atoms with Crippen molar-refractivity contribution in [3.63, 3.8) is 0 Å². The molecule has 0 radical (unpaired) electrons. The van der Waals surface area contributed by atoms with Crippen molar-refractivity contribution in [1.82, 2.24) is 19.9 Å². The van der Waals surface area contributed by atoms with Crippen LogP contribution in [0.25, 0.3) is 0 Å². The van der Waals surface area contributed by atoms with Gasteiger partial charge in [0, 0.05) is 17.8 Å². The van der Waals surface area contributed by atoms with Gasteiger partial charge in [0.05, 0.1) is 11.7 Å². The molecule has 16 heavy (non-hydrogen) atoms. The Bertz CT molecular complexity index is 401. The van der Waals surface area contributed by atoms with Gasteiger partial charge in [0.1, 0.15) is 0 Å². The minimum atomic E-state index is 0.230. The molecule has 0 amide bonds. The third-order valence-electron chi connectivity index (χ3n) is 2.35. The van der Waals surface area contributed by atoms with E-state index in [4.69, 9.17) is 0 Å². The molecule has 2 rings (SSSR count). The fraction of sp³-hybridized carbons (Fsp3) is 0.364. The maximum atomic E-state index is 4.12. The first kappa shape index (κ1) is 11.2. The molecule has 0 aromatic carbocycles. The lowest BCUT2D eigenvalue weighted by Crippen LogP contribution is -2.23. The Morgan fingerprint density at radius 3 is 3.06 bits per heavy atom. The van der Waals surface area contributed by atoms with Crippen LogP contribution in [0, 0.1) is 0 Å². The van der Waals surface area contributed by atoms with E-state index in [0.717, 1.165) is 18.7 Å². The zero-order valence-corrected chi connectivity index (χ0v) is 9.94. The molecule has 0 fully saturated rings. The van der Waals surface area contributed by atoms with Crippen LogP contribution in [-0.2, 0) is 6.42 Å². The van der Waals surface area contributed by atoms with E-state index in [9.17, 15) is 0 Å². The predicted octanol–water partition coefficient (Wildman–Crippen LogP) is 1.83. The topological polar surface area (TPSA) is 50.7 Å². The molecule has 2 heterocycles. The molecule has 4 nitrogen and oxygen atoms in total. The van der Waals surface area contributed by atoms with Gasteiger partial charge in [-0.3, -0.25) is 4.98 Å². The van der Waals surface area contributed by atoms with Crippen molar-refractivity contribution >= 4 is 11.5 Å². The molecule has 0 bridgehead atoms. The molecular weight excluding hydrogens is 220 g/mol. The molecule has 0 aliphatic heterocycles. The van der Waals surface area contributed by atoms with E-state index in [-0.39, 0.29) is 6.04 Å². The van der Waals surface area contributed by atoms with E-state index in [1.165, 1.54) is 17.1 Å². The maximum absolute atomic E-state index is 4.12. The van der Waals surface area contributed by atoms with E-state index >= 15 is 0 Å². The third-order valence-corrected chi connectivity index (χ3v) is 2.87. The zero-order valence-electron chi connectivity index (χ0n) is 9.13. The highest BCUT2D eigenvalue weighted by Gasteiger charge is 2.13. The Balaban J connectivity index is 2.09. The quantitative estimate of drug-likeness (QED) is 0.857. The fourth-order valence-electron chi connectivity index (χ4n) is 1.61. The summed E-state index contributed by atoms with van der Waals surface area (Å²) >= 11 is 1.39. The second kappa shape index (κ2) is 5.67. The molecule has 84 valence electrons. The third kappa shape index (κ3) is 2.84. The normalized spacial score (nSPS) is 12.6. The summed E-state index contributed by atoms with van der Waals surface area (Å²) in [5.74, 6) is 0. The number of nitrogens with one attached hydrogen (secondary N) is 1. The molecule has 0 spiro atoms. The van der Waals surface area contributed by atoms with Gasteiger partial charge in [-0.05, 0) is 36.1 Å². The minimum Gasteiger partial charge on any atom is -0.309 e. The highest BCUT2D eigenvalue weighted by atomic mass is 32.1. The number of hydrogen-bond donors (Lipinski definition) is 1. The van der Waals surface area contributed by atoms with Crippen LogP contribution in [0.3, 0.4) is 0 Å².